The molecule has 1 fully saturated rings. The van der Waals surface area contributed by atoms with E-state index in [0.29, 0.717) is 5.92 Å². The molecule has 21 heavy (non-hydrogen) atoms. The molecule has 7 heteroatoms. The van der Waals surface area contributed by atoms with Gasteiger partial charge in [-0.2, -0.15) is 26.3 Å². The smallest absolute Gasteiger partial charge is 0.307 e. The molecule has 0 aliphatic heterocycles. The van der Waals surface area contributed by atoms with Gasteiger partial charge in [0, 0.05) is 12.1 Å². The standard InChI is InChI=1S/C14H15F6N/c1-7-3-12(7)21-8(2)9-4-10(13(15,16)17)6-11(5-9)14(18,19)20/h4-8,12,21H,3H2,1-2H3. The zero-order chi connectivity index (χ0) is 16.0. The molecule has 0 spiro atoms. The summed E-state index contributed by atoms with van der Waals surface area (Å²) in [4.78, 5) is 0. The van der Waals surface area contributed by atoms with Gasteiger partial charge in [-0.15, -0.1) is 0 Å². The molecule has 0 aromatic heterocycles. The summed E-state index contributed by atoms with van der Waals surface area (Å²) in [7, 11) is 0. The lowest BCUT2D eigenvalue weighted by Gasteiger charge is -2.19. The number of alkyl halides is 6. The van der Waals surface area contributed by atoms with Crippen molar-refractivity contribution in [3.8, 4) is 0 Å². The minimum atomic E-state index is -4.80. The third kappa shape index (κ3) is 3.90. The van der Waals surface area contributed by atoms with Crippen molar-refractivity contribution < 1.29 is 26.3 Å². The van der Waals surface area contributed by atoms with E-state index in [1.807, 2.05) is 6.92 Å². The summed E-state index contributed by atoms with van der Waals surface area (Å²) in [6.45, 7) is 3.54. The molecule has 1 aliphatic rings. The zero-order valence-electron chi connectivity index (χ0n) is 11.4. The van der Waals surface area contributed by atoms with E-state index >= 15 is 0 Å². The first-order valence-corrected chi connectivity index (χ1v) is 6.54. The van der Waals surface area contributed by atoms with E-state index < -0.39 is 29.5 Å². The van der Waals surface area contributed by atoms with Crippen molar-refractivity contribution >= 4 is 0 Å². The lowest BCUT2D eigenvalue weighted by atomic mass is 10.0. The van der Waals surface area contributed by atoms with Gasteiger partial charge in [-0.05, 0) is 43.0 Å². The van der Waals surface area contributed by atoms with Crippen LogP contribution in [0.15, 0.2) is 18.2 Å². The number of nitrogens with one attached hydrogen (secondary N) is 1. The fourth-order valence-corrected chi connectivity index (χ4v) is 2.20. The van der Waals surface area contributed by atoms with Crippen molar-refractivity contribution in [2.24, 2.45) is 5.92 Å². The Morgan fingerprint density at radius 3 is 1.76 bits per heavy atom. The van der Waals surface area contributed by atoms with Crippen LogP contribution in [0.4, 0.5) is 26.3 Å². The second-order valence-electron chi connectivity index (χ2n) is 5.55. The van der Waals surface area contributed by atoms with E-state index in [1.165, 1.54) is 0 Å². The number of halogens is 6. The summed E-state index contributed by atoms with van der Waals surface area (Å²) in [6.07, 6.45) is -8.72. The van der Waals surface area contributed by atoms with Crippen LogP contribution in [0.1, 0.15) is 43.0 Å². The van der Waals surface area contributed by atoms with Gasteiger partial charge in [-0.3, -0.25) is 0 Å². The molecule has 3 unspecified atom stereocenters. The Hall–Kier alpha value is -1.24. The number of hydrogen-bond acceptors (Lipinski definition) is 1. The van der Waals surface area contributed by atoms with Crippen LogP contribution >= 0.6 is 0 Å². The molecule has 0 bridgehead atoms. The maximum Gasteiger partial charge on any atom is 0.416 e. The third-order valence-corrected chi connectivity index (χ3v) is 3.68. The summed E-state index contributed by atoms with van der Waals surface area (Å²) in [5.74, 6) is 0.403. The van der Waals surface area contributed by atoms with Gasteiger partial charge in [0.15, 0.2) is 0 Å². The highest BCUT2D eigenvalue weighted by atomic mass is 19.4. The van der Waals surface area contributed by atoms with Crippen LogP contribution in [-0.4, -0.2) is 6.04 Å². The molecule has 3 atom stereocenters. The van der Waals surface area contributed by atoms with Crippen molar-refractivity contribution in [2.45, 2.75) is 44.7 Å². The normalized spacial score (nSPS) is 24.0. The Kier molecular flexibility index (Phi) is 3.99. The maximum absolute atomic E-state index is 12.7. The summed E-state index contributed by atoms with van der Waals surface area (Å²) < 4.78 is 76.5. The second kappa shape index (κ2) is 5.19. The van der Waals surface area contributed by atoms with Gasteiger partial charge >= 0.3 is 12.4 Å². The first kappa shape index (κ1) is 16.1. The molecule has 0 amide bonds. The average Bonchev–Trinajstić information content (AvgIpc) is 3.02. The molecule has 0 heterocycles. The molecular weight excluding hydrogens is 296 g/mol. The van der Waals surface area contributed by atoms with Crippen LogP contribution in [0.5, 0.6) is 0 Å². The van der Waals surface area contributed by atoms with E-state index in [9.17, 15) is 26.3 Å². The average molecular weight is 311 g/mol. The number of hydrogen-bond donors (Lipinski definition) is 1. The van der Waals surface area contributed by atoms with Gasteiger partial charge in [0.2, 0.25) is 0 Å². The van der Waals surface area contributed by atoms with Crippen molar-refractivity contribution in [1.82, 2.24) is 5.32 Å². The van der Waals surface area contributed by atoms with Gasteiger partial charge in [-0.25, -0.2) is 0 Å². The zero-order valence-corrected chi connectivity index (χ0v) is 11.4. The Labute approximate surface area is 118 Å². The van der Waals surface area contributed by atoms with E-state index in [0.717, 1.165) is 18.6 Å². The summed E-state index contributed by atoms with van der Waals surface area (Å²) in [5, 5.41) is 3.04. The van der Waals surface area contributed by atoms with Gasteiger partial charge < -0.3 is 5.32 Å². The van der Waals surface area contributed by atoms with Crippen LogP contribution in [-0.2, 0) is 12.4 Å². The molecular formula is C14H15F6N. The molecule has 0 radical (unpaired) electrons. The Balaban J connectivity index is 2.35. The first-order valence-electron chi connectivity index (χ1n) is 6.54. The fraction of sp³-hybridized carbons (Fsp3) is 0.571. The van der Waals surface area contributed by atoms with Gasteiger partial charge in [0.1, 0.15) is 0 Å². The lowest BCUT2D eigenvalue weighted by Crippen LogP contribution is -2.23. The molecule has 1 nitrogen and oxygen atoms in total. The Morgan fingerprint density at radius 2 is 1.43 bits per heavy atom. The minimum absolute atomic E-state index is 0.00347. The summed E-state index contributed by atoms with van der Waals surface area (Å²) in [5.41, 5.74) is -2.55. The van der Waals surface area contributed by atoms with Crippen LogP contribution in [0.25, 0.3) is 0 Å². The Morgan fingerprint density at radius 1 is 1.00 bits per heavy atom. The van der Waals surface area contributed by atoms with Gasteiger partial charge in [0.25, 0.3) is 0 Å². The SMILES string of the molecule is CC(NC1CC1C)c1cc(C(F)(F)F)cc(C(F)(F)F)c1. The molecule has 118 valence electrons. The Bertz CT molecular complexity index is 487. The predicted molar refractivity (Wildman–Crippen MR) is 65.6 cm³/mol. The van der Waals surface area contributed by atoms with Crippen LogP contribution in [0, 0.1) is 5.92 Å². The van der Waals surface area contributed by atoms with Crippen molar-refractivity contribution in [1.29, 1.82) is 0 Å². The lowest BCUT2D eigenvalue weighted by molar-refractivity contribution is -0.143. The molecule has 0 saturated heterocycles. The molecule has 1 aromatic carbocycles. The quantitative estimate of drug-likeness (QED) is 0.792. The number of benzene rings is 1. The minimum Gasteiger partial charge on any atom is -0.307 e. The maximum atomic E-state index is 12.7. The monoisotopic (exact) mass is 311 g/mol. The van der Waals surface area contributed by atoms with E-state index in [1.54, 1.807) is 6.92 Å². The van der Waals surface area contributed by atoms with Crippen LogP contribution < -0.4 is 5.32 Å². The molecule has 2 rings (SSSR count). The second-order valence-corrected chi connectivity index (χ2v) is 5.55. The van der Waals surface area contributed by atoms with Crippen molar-refractivity contribution in [2.75, 3.05) is 0 Å². The molecule has 1 aromatic rings. The third-order valence-electron chi connectivity index (χ3n) is 3.68. The molecule has 1 N–H and O–H groups in total. The first-order chi connectivity index (χ1) is 9.48. The summed E-state index contributed by atoms with van der Waals surface area (Å²) in [6, 6.07) is 1.29. The largest absolute Gasteiger partial charge is 0.416 e. The highest BCUT2D eigenvalue weighted by Crippen LogP contribution is 2.38. The van der Waals surface area contributed by atoms with E-state index in [-0.39, 0.29) is 17.7 Å². The number of rotatable bonds is 3. The van der Waals surface area contributed by atoms with E-state index in [2.05, 4.69) is 5.32 Å². The van der Waals surface area contributed by atoms with Gasteiger partial charge in [-0.1, -0.05) is 6.92 Å². The predicted octanol–water partition coefficient (Wildman–Crippen LogP) is 4.78. The van der Waals surface area contributed by atoms with Crippen LogP contribution in [0.2, 0.25) is 0 Å². The van der Waals surface area contributed by atoms with E-state index in [4.69, 9.17) is 0 Å². The molecule has 1 aliphatic carbocycles. The highest BCUT2D eigenvalue weighted by Gasteiger charge is 2.38. The van der Waals surface area contributed by atoms with Crippen molar-refractivity contribution in [3.05, 3.63) is 34.9 Å². The molecule has 1 saturated carbocycles. The highest BCUT2D eigenvalue weighted by molar-refractivity contribution is 5.35. The summed E-state index contributed by atoms with van der Waals surface area (Å²) >= 11 is 0. The van der Waals surface area contributed by atoms with Gasteiger partial charge in [0.05, 0.1) is 11.1 Å². The van der Waals surface area contributed by atoms with Crippen LogP contribution in [0.3, 0.4) is 0 Å². The van der Waals surface area contributed by atoms with Crippen molar-refractivity contribution in [3.63, 3.8) is 0 Å². The topological polar surface area (TPSA) is 12.0 Å². The fourth-order valence-electron chi connectivity index (χ4n) is 2.20.